The van der Waals surface area contributed by atoms with E-state index in [1.54, 1.807) is 31.3 Å². The highest BCUT2D eigenvalue weighted by atomic mass is 35.5. The molecule has 2 fully saturated rings. The van der Waals surface area contributed by atoms with Crippen LogP contribution in [0.25, 0.3) is 0 Å². The minimum Gasteiger partial charge on any atom is -0.492 e. The van der Waals surface area contributed by atoms with Gasteiger partial charge in [0.1, 0.15) is 18.9 Å². The lowest BCUT2D eigenvalue weighted by atomic mass is 9.73. The highest BCUT2D eigenvalue weighted by molar-refractivity contribution is 6.30. The summed E-state index contributed by atoms with van der Waals surface area (Å²) in [7, 11) is 1.65. The summed E-state index contributed by atoms with van der Waals surface area (Å²) in [6.07, 6.45) is 4.83. The highest BCUT2D eigenvalue weighted by Crippen LogP contribution is 2.45. The summed E-state index contributed by atoms with van der Waals surface area (Å²) < 4.78 is 5.58. The van der Waals surface area contributed by atoms with Crippen molar-refractivity contribution in [3.63, 3.8) is 0 Å². The van der Waals surface area contributed by atoms with Crippen molar-refractivity contribution in [2.45, 2.75) is 38.5 Å². The van der Waals surface area contributed by atoms with Gasteiger partial charge in [-0.1, -0.05) is 30.9 Å². The Hall–Kier alpha value is -2.08. The molecule has 1 aromatic rings. The molecule has 2 aliphatic rings. The molecule has 27 heavy (non-hydrogen) atoms. The number of likely N-dealkylation sites (N-methyl/N-ethyl adjacent to an activating group) is 1. The van der Waals surface area contributed by atoms with Crippen LogP contribution in [0, 0.1) is 5.41 Å². The second-order valence-electron chi connectivity index (χ2n) is 7.42. The number of carbonyl (C=O) groups excluding carboxylic acids is 3. The van der Waals surface area contributed by atoms with Gasteiger partial charge in [-0.05, 0) is 37.1 Å². The van der Waals surface area contributed by atoms with Gasteiger partial charge < -0.3 is 9.64 Å². The van der Waals surface area contributed by atoms with Crippen molar-refractivity contribution >= 4 is 29.3 Å². The molecule has 1 aliphatic carbocycles. The normalized spacial score (nSPS) is 18.8. The Balaban J connectivity index is 1.49. The first-order valence-electron chi connectivity index (χ1n) is 9.38. The first-order chi connectivity index (χ1) is 12.9. The van der Waals surface area contributed by atoms with E-state index >= 15 is 0 Å². The highest BCUT2D eigenvalue weighted by Gasteiger charge is 2.51. The number of imide groups is 1. The number of amides is 3. The van der Waals surface area contributed by atoms with Crippen molar-refractivity contribution in [2.75, 3.05) is 26.7 Å². The second-order valence-corrected chi connectivity index (χ2v) is 7.86. The number of nitrogens with zero attached hydrogens (tertiary/aromatic N) is 2. The van der Waals surface area contributed by atoms with Gasteiger partial charge >= 0.3 is 0 Å². The molecule has 1 heterocycles. The molecule has 0 atom stereocenters. The molecule has 6 nitrogen and oxygen atoms in total. The average molecular weight is 393 g/mol. The molecule has 1 saturated heterocycles. The van der Waals surface area contributed by atoms with Crippen molar-refractivity contribution < 1.29 is 19.1 Å². The van der Waals surface area contributed by atoms with E-state index < -0.39 is 5.41 Å². The Bertz CT molecular complexity index is 713. The maximum absolute atomic E-state index is 12.8. The molecule has 1 aromatic carbocycles. The van der Waals surface area contributed by atoms with Crippen LogP contribution in [-0.2, 0) is 14.4 Å². The number of hydrogen-bond donors (Lipinski definition) is 0. The molecule has 1 aliphatic heterocycles. The number of hydrogen-bond acceptors (Lipinski definition) is 4. The molecular formula is C20H25ClN2O4. The summed E-state index contributed by atoms with van der Waals surface area (Å²) in [4.78, 5) is 40.2. The maximum Gasteiger partial charge on any atom is 0.242 e. The minimum atomic E-state index is -0.550. The third-order valence-corrected chi connectivity index (χ3v) is 5.78. The minimum absolute atomic E-state index is 0.161. The van der Waals surface area contributed by atoms with E-state index in [-0.39, 0.29) is 30.7 Å². The van der Waals surface area contributed by atoms with Crippen molar-refractivity contribution in [1.29, 1.82) is 0 Å². The summed E-state index contributed by atoms with van der Waals surface area (Å²) in [5.41, 5.74) is -0.550. The van der Waals surface area contributed by atoms with Gasteiger partial charge in [-0.15, -0.1) is 0 Å². The molecule has 7 heteroatoms. The van der Waals surface area contributed by atoms with Crippen LogP contribution in [0.5, 0.6) is 5.75 Å². The lowest BCUT2D eigenvalue weighted by Crippen LogP contribution is -2.44. The van der Waals surface area contributed by atoms with Crippen LogP contribution in [0.3, 0.4) is 0 Å². The summed E-state index contributed by atoms with van der Waals surface area (Å²) in [5, 5.41) is 0.630. The molecule has 146 valence electrons. The van der Waals surface area contributed by atoms with Gasteiger partial charge in [-0.2, -0.15) is 0 Å². The third-order valence-electron chi connectivity index (χ3n) is 5.53. The predicted molar refractivity (Wildman–Crippen MR) is 101 cm³/mol. The van der Waals surface area contributed by atoms with Crippen molar-refractivity contribution in [1.82, 2.24) is 9.80 Å². The Morgan fingerprint density at radius 1 is 1.19 bits per heavy atom. The molecule has 0 unspecified atom stereocenters. The Morgan fingerprint density at radius 2 is 1.85 bits per heavy atom. The Kier molecular flexibility index (Phi) is 6.05. The van der Waals surface area contributed by atoms with E-state index in [1.807, 2.05) is 0 Å². The molecule has 1 saturated carbocycles. The molecule has 0 N–H and O–H groups in total. The Labute approximate surface area is 164 Å². The van der Waals surface area contributed by atoms with E-state index in [4.69, 9.17) is 16.3 Å². The predicted octanol–water partition coefficient (Wildman–Crippen LogP) is 2.89. The second kappa shape index (κ2) is 8.30. The van der Waals surface area contributed by atoms with Crippen LogP contribution in [-0.4, -0.2) is 54.3 Å². The van der Waals surface area contributed by atoms with Gasteiger partial charge in [0.15, 0.2) is 0 Å². The van der Waals surface area contributed by atoms with E-state index in [0.29, 0.717) is 23.9 Å². The maximum atomic E-state index is 12.8. The van der Waals surface area contributed by atoms with E-state index in [0.717, 1.165) is 37.0 Å². The number of carbonyl (C=O) groups is 3. The summed E-state index contributed by atoms with van der Waals surface area (Å²) >= 11 is 5.83. The zero-order valence-corrected chi connectivity index (χ0v) is 16.3. The third kappa shape index (κ3) is 4.43. The van der Waals surface area contributed by atoms with Crippen LogP contribution in [0.2, 0.25) is 5.02 Å². The monoisotopic (exact) mass is 392 g/mol. The summed E-state index contributed by atoms with van der Waals surface area (Å²) in [6.45, 7) is 0.495. The van der Waals surface area contributed by atoms with Crippen LogP contribution < -0.4 is 4.74 Å². The van der Waals surface area contributed by atoms with Crippen LogP contribution >= 0.6 is 11.6 Å². The fourth-order valence-electron chi connectivity index (χ4n) is 3.85. The molecule has 0 aromatic heterocycles. The number of benzene rings is 1. The van der Waals surface area contributed by atoms with E-state index in [2.05, 4.69) is 0 Å². The molecule has 0 bridgehead atoms. The van der Waals surface area contributed by atoms with Crippen molar-refractivity contribution in [2.24, 2.45) is 5.41 Å². The zero-order chi connectivity index (χ0) is 19.4. The van der Waals surface area contributed by atoms with Crippen LogP contribution in [0.15, 0.2) is 24.3 Å². The lowest BCUT2D eigenvalue weighted by molar-refractivity contribution is -0.147. The SMILES string of the molecule is CN(CCOc1ccc(Cl)cc1)C(=O)CN1C(=O)CC2(CCCCC2)C1=O. The zero-order valence-electron chi connectivity index (χ0n) is 15.6. The Morgan fingerprint density at radius 3 is 2.52 bits per heavy atom. The van der Waals surface area contributed by atoms with Gasteiger partial charge in [0.2, 0.25) is 17.7 Å². The first kappa shape index (κ1) is 19.7. The van der Waals surface area contributed by atoms with Gasteiger partial charge in [-0.25, -0.2) is 0 Å². The quantitative estimate of drug-likeness (QED) is 0.698. The van der Waals surface area contributed by atoms with Gasteiger partial charge in [-0.3, -0.25) is 19.3 Å². The fourth-order valence-corrected chi connectivity index (χ4v) is 3.98. The number of rotatable bonds is 6. The molecule has 3 amide bonds. The first-order valence-corrected chi connectivity index (χ1v) is 9.76. The fraction of sp³-hybridized carbons (Fsp3) is 0.550. The average Bonchev–Trinajstić information content (AvgIpc) is 2.87. The molecule has 1 spiro atoms. The standard InChI is InChI=1S/C20H25ClN2O4/c1-22(11-12-27-16-7-5-15(21)6-8-16)18(25)14-23-17(24)13-20(19(23)26)9-3-2-4-10-20/h5-8H,2-4,9-14H2,1H3. The lowest BCUT2D eigenvalue weighted by Gasteiger charge is -2.30. The van der Waals surface area contributed by atoms with Gasteiger partial charge in [0.05, 0.1) is 12.0 Å². The smallest absolute Gasteiger partial charge is 0.242 e. The van der Waals surface area contributed by atoms with Crippen molar-refractivity contribution in [3.05, 3.63) is 29.3 Å². The van der Waals surface area contributed by atoms with E-state index in [1.165, 1.54) is 4.90 Å². The number of halogens is 1. The van der Waals surface area contributed by atoms with Crippen molar-refractivity contribution in [3.8, 4) is 5.75 Å². The molecule has 0 radical (unpaired) electrons. The summed E-state index contributed by atoms with van der Waals surface area (Å²) in [6, 6.07) is 6.99. The van der Waals surface area contributed by atoms with E-state index in [9.17, 15) is 14.4 Å². The summed E-state index contributed by atoms with van der Waals surface area (Å²) in [5.74, 6) is 0.0288. The number of ether oxygens (including phenoxy) is 1. The van der Waals surface area contributed by atoms with Gasteiger partial charge in [0.25, 0.3) is 0 Å². The number of likely N-dealkylation sites (tertiary alicyclic amines) is 1. The largest absolute Gasteiger partial charge is 0.492 e. The van der Waals surface area contributed by atoms with Crippen LogP contribution in [0.4, 0.5) is 0 Å². The van der Waals surface area contributed by atoms with Crippen LogP contribution in [0.1, 0.15) is 38.5 Å². The topological polar surface area (TPSA) is 66.9 Å². The molecule has 3 rings (SSSR count). The molecular weight excluding hydrogens is 368 g/mol. The van der Waals surface area contributed by atoms with Gasteiger partial charge in [0, 0.05) is 18.5 Å².